The topological polar surface area (TPSA) is 160 Å². The summed E-state index contributed by atoms with van der Waals surface area (Å²) < 4.78 is 12.6. The number of hydrogen-bond donors (Lipinski definition) is 4. The van der Waals surface area contributed by atoms with E-state index in [1.54, 1.807) is 43.5 Å². The van der Waals surface area contributed by atoms with Gasteiger partial charge in [-0.2, -0.15) is 5.10 Å². The van der Waals surface area contributed by atoms with Crippen LogP contribution in [0, 0.1) is 5.92 Å². The molecule has 0 aliphatic rings. The molecule has 11 heteroatoms. The number of para-hydroxylation sites is 1. The van der Waals surface area contributed by atoms with Gasteiger partial charge in [0.25, 0.3) is 0 Å². The van der Waals surface area contributed by atoms with Gasteiger partial charge in [0.2, 0.25) is 11.8 Å². The fourth-order valence-corrected chi connectivity index (χ4v) is 3.47. The Labute approximate surface area is 212 Å². The molecule has 3 aromatic rings. The number of aliphatic hydroxyl groups is 1. The molecule has 0 aliphatic carbocycles. The Kier molecular flexibility index (Phi) is 9.00. The van der Waals surface area contributed by atoms with Crippen LogP contribution in [-0.4, -0.2) is 56.1 Å². The van der Waals surface area contributed by atoms with Gasteiger partial charge in [0.1, 0.15) is 24.5 Å². The monoisotopic (exact) mass is 509 g/mol. The van der Waals surface area contributed by atoms with E-state index in [0.29, 0.717) is 11.4 Å². The van der Waals surface area contributed by atoms with Gasteiger partial charge in [-0.25, -0.2) is 9.48 Å². The zero-order chi connectivity index (χ0) is 26.9. The van der Waals surface area contributed by atoms with Gasteiger partial charge in [0, 0.05) is 6.07 Å². The number of rotatable bonds is 13. The standard InChI is InChI=1S/C26H27N3O8/c1-3-19(25(33)27-21(26(34)35)14-23(30)31)24(32)20-13-22(29(28-20)17-7-5-4-6-8-17)37-15-16-9-11-18(36-2)12-10-16/h3-13,19,21,24,32H,1,14-15H2,2H3,(H,27,33)(H,30,31)(H,34,35)/t19-,21-,24-/m0/s1. The maximum atomic E-state index is 12.7. The van der Waals surface area contributed by atoms with Crippen molar-refractivity contribution in [1.29, 1.82) is 0 Å². The van der Waals surface area contributed by atoms with Gasteiger partial charge in [0.05, 0.1) is 30.8 Å². The molecule has 4 N–H and O–H groups in total. The van der Waals surface area contributed by atoms with Crippen LogP contribution in [0.4, 0.5) is 0 Å². The first kappa shape index (κ1) is 27.0. The number of carbonyl (C=O) groups is 3. The fourth-order valence-electron chi connectivity index (χ4n) is 3.47. The normalized spacial score (nSPS) is 13.1. The Hall–Kier alpha value is -4.64. The van der Waals surface area contributed by atoms with E-state index in [1.165, 1.54) is 10.7 Å². The Morgan fingerprint density at radius 2 is 1.78 bits per heavy atom. The number of aromatic nitrogens is 2. The smallest absolute Gasteiger partial charge is 0.326 e. The highest BCUT2D eigenvalue weighted by Crippen LogP contribution is 2.29. The quantitative estimate of drug-likeness (QED) is 0.254. The lowest BCUT2D eigenvalue weighted by Crippen LogP contribution is -2.45. The first-order valence-electron chi connectivity index (χ1n) is 11.2. The third-order valence-corrected chi connectivity index (χ3v) is 5.44. The molecule has 0 saturated carbocycles. The lowest BCUT2D eigenvalue weighted by atomic mass is 9.98. The van der Waals surface area contributed by atoms with E-state index in [0.717, 1.165) is 11.6 Å². The predicted octanol–water partition coefficient (Wildman–Crippen LogP) is 2.34. The van der Waals surface area contributed by atoms with Gasteiger partial charge in [0.15, 0.2) is 0 Å². The van der Waals surface area contributed by atoms with Gasteiger partial charge in [-0.05, 0) is 29.8 Å². The molecule has 1 amide bonds. The molecule has 1 heterocycles. The van der Waals surface area contributed by atoms with Gasteiger partial charge >= 0.3 is 11.9 Å². The molecule has 11 nitrogen and oxygen atoms in total. The zero-order valence-electron chi connectivity index (χ0n) is 20.0. The Morgan fingerprint density at radius 3 is 2.35 bits per heavy atom. The third-order valence-electron chi connectivity index (χ3n) is 5.44. The van der Waals surface area contributed by atoms with Gasteiger partial charge in [-0.1, -0.05) is 36.4 Å². The number of aliphatic hydroxyl groups excluding tert-OH is 1. The molecule has 0 saturated heterocycles. The van der Waals surface area contributed by atoms with Crippen LogP contribution in [0.2, 0.25) is 0 Å². The van der Waals surface area contributed by atoms with E-state index in [4.69, 9.17) is 14.6 Å². The van der Waals surface area contributed by atoms with Crippen LogP contribution in [-0.2, 0) is 21.0 Å². The third kappa shape index (κ3) is 6.95. The molecule has 2 aromatic carbocycles. The second-order valence-corrected chi connectivity index (χ2v) is 8.00. The summed E-state index contributed by atoms with van der Waals surface area (Å²) in [6, 6.07) is 16.1. The molecule has 0 aliphatic heterocycles. The van der Waals surface area contributed by atoms with Crippen LogP contribution < -0.4 is 14.8 Å². The van der Waals surface area contributed by atoms with Crippen LogP contribution in [0.15, 0.2) is 73.3 Å². The lowest BCUT2D eigenvalue weighted by molar-refractivity contribution is -0.147. The van der Waals surface area contributed by atoms with E-state index >= 15 is 0 Å². The number of carboxylic acids is 2. The van der Waals surface area contributed by atoms with Crippen molar-refractivity contribution in [3.63, 3.8) is 0 Å². The van der Waals surface area contributed by atoms with Crippen LogP contribution in [0.5, 0.6) is 11.6 Å². The van der Waals surface area contributed by atoms with E-state index in [-0.39, 0.29) is 18.2 Å². The second kappa shape index (κ2) is 12.4. The minimum absolute atomic E-state index is 0.0683. The number of nitrogens with zero attached hydrogens (tertiary/aromatic N) is 2. The highest BCUT2D eigenvalue weighted by Gasteiger charge is 2.32. The van der Waals surface area contributed by atoms with Crippen LogP contribution in [0.1, 0.15) is 23.8 Å². The van der Waals surface area contributed by atoms with Gasteiger partial charge in [-0.15, -0.1) is 6.58 Å². The molecule has 0 radical (unpaired) electrons. The largest absolute Gasteiger partial charge is 0.497 e. The summed E-state index contributed by atoms with van der Waals surface area (Å²) in [4.78, 5) is 35.0. The number of hydrogen-bond acceptors (Lipinski definition) is 7. The van der Waals surface area contributed by atoms with Crippen molar-refractivity contribution in [2.45, 2.75) is 25.2 Å². The van der Waals surface area contributed by atoms with E-state index in [2.05, 4.69) is 17.0 Å². The van der Waals surface area contributed by atoms with Crippen molar-refractivity contribution >= 4 is 17.8 Å². The Bertz CT molecular complexity index is 1240. The summed E-state index contributed by atoms with van der Waals surface area (Å²) in [7, 11) is 1.57. The first-order valence-corrected chi connectivity index (χ1v) is 11.2. The predicted molar refractivity (Wildman–Crippen MR) is 131 cm³/mol. The number of benzene rings is 2. The average Bonchev–Trinajstić information content (AvgIpc) is 3.32. The Morgan fingerprint density at radius 1 is 1.11 bits per heavy atom. The summed E-state index contributed by atoms with van der Waals surface area (Å²) >= 11 is 0. The van der Waals surface area contributed by atoms with Crippen LogP contribution in [0.25, 0.3) is 5.69 Å². The molecule has 3 rings (SSSR count). The van der Waals surface area contributed by atoms with Gasteiger partial charge < -0.3 is 30.1 Å². The maximum absolute atomic E-state index is 12.7. The van der Waals surface area contributed by atoms with Crippen molar-refractivity contribution < 1.29 is 39.2 Å². The van der Waals surface area contributed by atoms with E-state index in [1.807, 2.05) is 18.2 Å². The van der Waals surface area contributed by atoms with E-state index < -0.39 is 42.3 Å². The number of ether oxygens (including phenoxy) is 2. The summed E-state index contributed by atoms with van der Waals surface area (Å²) in [6.07, 6.45) is -1.21. The SMILES string of the molecule is C=C[C@H](C(=O)N[C@@H](CC(=O)O)C(=O)O)[C@H](O)c1cc(OCc2ccc(OC)cc2)n(-c2ccccc2)n1. The van der Waals surface area contributed by atoms with Crippen LogP contribution in [0.3, 0.4) is 0 Å². The van der Waals surface area contributed by atoms with Gasteiger partial charge in [-0.3, -0.25) is 9.59 Å². The van der Waals surface area contributed by atoms with Crippen molar-refractivity contribution in [1.82, 2.24) is 15.1 Å². The highest BCUT2D eigenvalue weighted by atomic mass is 16.5. The molecule has 1 aromatic heterocycles. The van der Waals surface area contributed by atoms with Crippen molar-refractivity contribution in [2.24, 2.45) is 5.92 Å². The molecular weight excluding hydrogens is 482 g/mol. The Balaban J connectivity index is 1.86. The minimum atomic E-state index is -1.68. The summed E-state index contributed by atoms with van der Waals surface area (Å²) in [5.41, 5.74) is 1.56. The lowest BCUT2D eigenvalue weighted by Gasteiger charge is -2.20. The van der Waals surface area contributed by atoms with Crippen molar-refractivity contribution in [3.05, 3.63) is 84.6 Å². The number of aliphatic carboxylic acids is 2. The number of nitrogens with one attached hydrogen (secondary N) is 1. The molecule has 0 spiro atoms. The summed E-state index contributed by atoms with van der Waals surface area (Å²) in [6.45, 7) is 3.74. The molecule has 0 fully saturated rings. The number of carbonyl (C=O) groups excluding carboxylic acids is 1. The molecule has 0 unspecified atom stereocenters. The molecule has 37 heavy (non-hydrogen) atoms. The average molecular weight is 510 g/mol. The van der Waals surface area contributed by atoms with Crippen LogP contribution >= 0.6 is 0 Å². The zero-order valence-corrected chi connectivity index (χ0v) is 20.0. The van der Waals surface area contributed by atoms with E-state index in [9.17, 15) is 24.6 Å². The maximum Gasteiger partial charge on any atom is 0.326 e. The minimum Gasteiger partial charge on any atom is -0.497 e. The number of carboxylic acid groups (broad SMARTS) is 2. The first-order chi connectivity index (χ1) is 17.7. The van der Waals surface area contributed by atoms with Crippen molar-refractivity contribution in [2.75, 3.05) is 7.11 Å². The molecular formula is C26H27N3O8. The van der Waals surface area contributed by atoms with Crippen molar-refractivity contribution in [3.8, 4) is 17.3 Å². The fraction of sp³-hybridized carbons (Fsp3) is 0.231. The molecule has 194 valence electrons. The molecule has 3 atom stereocenters. The number of amides is 1. The number of methoxy groups -OCH3 is 1. The summed E-state index contributed by atoms with van der Waals surface area (Å²) in [5, 5.41) is 35.7. The highest BCUT2D eigenvalue weighted by molar-refractivity contribution is 5.88. The second-order valence-electron chi connectivity index (χ2n) is 8.00. The summed E-state index contributed by atoms with van der Waals surface area (Å²) in [5.74, 6) is -4.16. The molecule has 0 bridgehead atoms.